The second-order valence-corrected chi connectivity index (χ2v) is 4.25. The Morgan fingerprint density at radius 3 is 2.79 bits per heavy atom. The van der Waals surface area contributed by atoms with Crippen molar-refractivity contribution in [2.75, 3.05) is 0 Å². The number of rotatable bonds is 6. The summed E-state index contributed by atoms with van der Waals surface area (Å²) < 4.78 is 0. The summed E-state index contributed by atoms with van der Waals surface area (Å²) in [6.07, 6.45) is 5.15. The van der Waals surface area contributed by atoms with Crippen LogP contribution < -0.4 is 0 Å². The lowest BCUT2D eigenvalue weighted by atomic mass is 10.1. The average molecular weight is 259 g/mol. The number of ketones is 1. The molecule has 1 aromatic carbocycles. The van der Waals surface area contributed by atoms with Crippen LogP contribution in [0.3, 0.4) is 0 Å². The highest BCUT2D eigenvalue weighted by molar-refractivity contribution is 6.09. The molecule has 0 fully saturated rings. The van der Waals surface area contributed by atoms with Crippen molar-refractivity contribution < 1.29 is 9.72 Å². The molecule has 4 nitrogen and oxygen atoms in total. The normalized spacial score (nSPS) is 9.53. The van der Waals surface area contributed by atoms with E-state index in [1.54, 1.807) is 6.07 Å². The van der Waals surface area contributed by atoms with E-state index >= 15 is 0 Å². The van der Waals surface area contributed by atoms with Gasteiger partial charge in [0.25, 0.3) is 5.69 Å². The minimum atomic E-state index is -0.519. The number of non-ortho nitro benzene ring substituents is 1. The maximum atomic E-state index is 11.7. The van der Waals surface area contributed by atoms with Crippen molar-refractivity contribution in [3.8, 4) is 11.8 Å². The van der Waals surface area contributed by atoms with Gasteiger partial charge in [-0.15, -0.1) is 0 Å². The molecule has 1 rings (SSSR count). The molecule has 0 amide bonds. The van der Waals surface area contributed by atoms with Gasteiger partial charge in [-0.3, -0.25) is 14.9 Å². The Hall–Kier alpha value is -2.15. The van der Waals surface area contributed by atoms with Crippen molar-refractivity contribution in [2.24, 2.45) is 0 Å². The first-order chi connectivity index (χ1) is 9.15. The number of benzene rings is 1. The van der Waals surface area contributed by atoms with Crippen molar-refractivity contribution >= 4 is 11.5 Å². The molecular formula is C15H17NO3. The van der Waals surface area contributed by atoms with Crippen molar-refractivity contribution in [1.82, 2.24) is 0 Å². The Bertz CT molecular complexity index is 512. The molecule has 0 saturated carbocycles. The first kappa shape index (κ1) is 14.9. The number of nitrogens with zero attached hydrogens (tertiary/aromatic N) is 1. The van der Waals surface area contributed by atoms with E-state index in [1.165, 1.54) is 31.0 Å². The number of hydrogen-bond donors (Lipinski definition) is 0. The summed E-state index contributed by atoms with van der Waals surface area (Å²) in [4.78, 5) is 21.8. The molecule has 0 unspecified atom stereocenters. The molecule has 0 bridgehead atoms. The first-order valence-corrected chi connectivity index (χ1v) is 6.42. The highest BCUT2D eigenvalue weighted by Crippen LogP contribution is 2.13. The van der Waals surface area contributed by atoms with Gasteiger partial charge in [0.1, 0.15) is 0 Å². The molecule has 0 radical (unpaired) electrons. The Kier molecular flexibility index (Phi) is 6.31. The van der Waals surface area contributed by atoms with E-state index in [9.17, 15) is 14.9 Å². The minimum Gasteiger partial charge on any atom is -0.279 e. The van der Waals surface area contributed by atoms with Crippen molar-refractivity contribution in [2.45, 2.75) is 39.0 Å². The van der Waals surface area contributed by atoms with E-state index in [2.05, 4.69) is 18.8 Å². The summed E-state index contributed by atoms with van der Waals surface area (Å²) in [5.41, 5.74) is 0.186. The third kappa shape index (κ3) is 5.35. The third-order valence-corrected chi connectivity index (χ3v) is 2.68. The molecular weight excluding hydrogens is 242 g/mol. The van der Waals surface area contributed by atoms with E-state index in [0.29, 0.717) is 6.42 Å². The lowest BCUT2D eigenvalue weighted by Gasteiger charge is -1.94. The van der Waals surface area contributed by atoms with Crippen LogP contribution in [-0.4, -0.2) is 10.7 Å². The highest BCUT2D eigenvalue weighted by atomic mass is 16.6. The van der Waals surface area contributed by atoms with Crippen LogP contribution in [0.2, 0.25) is 0 Å². The van der Waals surface area contributed by atoms with Gasteiger partial charge in [0, 0.05) is 24.1 Å². The van der Waals surface area contributed by atoms with Crippen LogP contribution in [0.25, 0.3) is 0 Å². The predicted octanol–water partition coefficient (Wildman–Crippen LogP) is 3.75. The number of Topliss-reactive ketones (excluding diaryl/α,β-unsaturated/α-hetero) is 1. The van der Waals surface area contributed by atoms with Crippen LogP contribution in [0.5, 0.6) is 0 Å². The second kappa shape index (κ2) is 8.04. The van der Waals surface area contributed by atoms with Gasteiger partial charge in [-0.2, -0.15) is 0 Å². The van der Waals surface area contributed by atoms with Gasteiger partial charge in [-0.05, 0) is 18.4 Å². The molecule has 0 aliphatic carbocycles. The van der Waals surface area contributed by atoms with Gasteiger partial charge in [0.15, 0.2) is 0 Å². The van der Waals surface area contributed by atoms with E-state index < -0.39 is 4.92 Å². The Morgan fingerprint density at radius 1 is 1.32 bits per heavy atom. The zero-order valence-corrected chi connectivity index (χ0v) is 11.0. The molecule has 1 aromatic rings. The standard InChI is InChI=1S/C15H17NO3/c1-2-3-4-5-6-7-11-15(17)13-9-8-10-14(12-13)16(18)19/h8-10,12H,2-6H2,1H3. The zero-order chi connectivity index (χ0) is 14.1. The second-order valence-electron chi connectivity index (χ2n) is 4.25. The van der Waals surface area contributed by atoms with E-state index in [-0.39, 0.29) is 17.0 Å². The fourth-order valence-electron chi connectivity index (χ4n) is 1.62. The number of hydrogen-bond acceptors (Lipinski definition) is 3. The van der Waals surface area contributed by atoms with Crippen LogP contribution in [0.15, 0.2) is 24.3 Å². The van der Waals surface area contributed by atoms with Crippen LogP contribution >= 0.6 is 0 Å². The lowest BCUT2D eigenvalue weighted by Crippen LogP contribution is -1.96. The summed E-state index contributed by atoms with van der Waals surface area (Å²) in [5, 5.41) is 10.6. The van der Waals surface area contributed by atoms with E-state index in [1.807, 2.05) is 0 Å². The maximum Gasteiger partial charge on any atom is 0.270 e. The largest absolute Gasteiger partial charge is 0.279 e. The molecule has 0 aliphatic rings. The summed E-state index contributed by atoms with van der Waals surface area (Å²) in [6, 6.07) is 5.65. The third-order valence-electron chi connectivity index (χ3n) is 2.68. The van der Waals surface area contributed by atoms with Crippen molar-refractivity contribution in [3.63, 3.8) is 0 Å². The summed E-state index contributed by atoms with van der Waals surface area (Å²) in [7, 11) is 0. The van der Waals surface area contributed by atoms with Gasteiger partial charge in [0.05, 0.1) is 4.92 Å². The molecule has 0 saturated heterocycles. The lowest BCUT2D eigenvalue weighted by molar-refractivity contribution is -0.384. The summed E-state index contributed by atoms with van der Waals surface area (Å²) in [6.45, 7) is 2.14. The molecule has 0 spiro atoms. The molecule has 4 heteroatoms. The topological polar surface area (TPSA) is 60.2 Å². The Morgan fingerprint density at radius 2 is 2.11 bits per heavy atom. The highest BCUT2D eigenvalue weighted by Gasteiger charge is 2.09. The number of nitro groups is 1. The Balaban J connectivity index is 2.56. The van der Waals surface area contributed by atoms with Crippen molar-refractivity contribution in [3.05, 3.63) is 39.9 Å². The molecule has 0 N–H and O–H groups in total. The van der Waals surface area contributed by atoms with Gasteiger partial charge in [0.2, 0.25) is 5.78 Å². The maximum absolute atomic E-state index is 11.7. The fourth-order valence-corrected chi connectivity index (χ4v) is 1.62. The predicted molar refractivity (Wildman–Crippen MR) is 74.0 cm³/mol. The quantitative estimate of drug-likeness (QED) is 0.195. The summed E-state index contributed by atoms with van der Waals surface area (Å²) in [5.74, 6) is 4.99. The minimum absolute atomic E-state index is 0.0874. The first-order valence-electron chi connectivity index (χ1n) is 6.42. The van der Waals surface area contributed by atoms with Crippen molar-refractivity contribution in [1.29, 1.82) is 0 Å². The van der Waals surface area contributed by atoms with Gasteiger partial charge in [-0.1, -0.05) is 38.2 Å². The molecule has 0 heterocycles. The SMILES string of the molecule is CCCCCCC#CC(=O)c1cccc([N+](=O)[O-])c1. The zero-order valence-electron chi connectivity index (χ0n) is 11.0. The average Bonchev–Trinajstić information content (AvgIpc) is 2.42. The van der Waals surface area contributed by atoms with Gasteiger partial charge >= 0.3 is 0 Å². The monoisotopic (exact) mass is 259 g/mol. The number of unbranched alkanes of at least 4 members (excludes halogenated alkanes) is 4. The van der Waals surface area contributed by atoms with Crippen LogP contribution in [-0.2, 0) is 0 Å². The number of nitro benzene ring substituents is 1. The Labute approximate surface area is 113 Å². The van der Waals surface area contributed by atoms with Crippen LogP contribution in [0.1, 0.15) is 49.4 Å². The van der Waals surface area contributed by atoms with Gasteiger partial charge < -0.3 is 0 Å². The van der Waals surface area contributed by atoms with Gasteiger partial charge in [-0.25, -0.2) is 0 Å². The smallest absolute Gasteiger partial charge is 0.270 e. The van der Waals surface area contributed by atoms with Crippen LogP contribution in [0, 0.1) is 22.0 Å². The fraction of sp³-hybridized carbons (Fsp3) is 0.400. The molecule has 100 valence electrons. The van der Waals surface area contributed by atoms with E-state index in [4.69, 9.17) is 0 Å². The number of carbonyl (C=O) groups is 1. The molecule has 0 aliphatic heterocycles. The molecule has 19 heavy (non-hydrogen) atoms. The molecule has 0 atom stereocenters. The summed E-state index contributed by atoms with van der Waals surface area (Å²) >= 11 is 0. The molecule has 0 aromatic heterocycles. The van der Waals surface area contributed by atoms with E-state index in [0.717, 1.165) is 12.8 Å². The van der Waals surface area contributed by atoms with Crippen LogP contribution in [0.4, 0.5) is 5.69 Å². The number of carbonyl (C=O) groups excluding carboxylic acids is 1.